The standard InChI is InChI=1S/C15H21N3O/c1-10(2)19-15-6-5-12(7-11(15)3)14-8-13(9-16)17-18(14)4/h5-8,10H,9,16H2,1-4H3. The highest BCUT2D eigenvalue weighted by Gasteiger charge is 2.09. The molecule has 0 saturated carbocycles. The van der Waals surface area contributed by atoms with Gasteiger partial charge in [-0.15, -0.1) is 0 Å². The zero-order chi connectivity index (χ0) is 14.0. The molecule has 1 aromatic heterocycles. The molecule has 0 aliphatic heterocycles. The van der Waals surface area contributed by atoms with E-state index in [1.165, 1.54) is 0 Å². The van der Waals surface area contributed by atoms with Gasteiger partial charge in [-0.1, -0.05) is 0 Å². The smallest absolute Gasteiger partial charge is 0.122 e. The third-order valence-electron chi connectivity index (χ3n) is 2.97. The van der Waals surface area contributed by atoms with E-state index in [1.807, 2.05) is 37.7 Å². The number of hydrogen-bond acceptors (Lipinski definition) is 3. The van der Waals surface area contributed by atoms with Crippen LogP contribution in [-0.4, -0.2) is 15.9 Å². The topological polar surface area (TPSA) is 53.1 Å². The lowest BCUT2D eigenvalue weighted by Gasteiger charge is -2.13. The van der Waals surface area contributed by atoms with Crippen molar-refractivity contribution in [3.05, 3.63) is 35.5 Å². The van der Waals surface area contributed by atoms with Crippen LogP contribution >= 0.6 is 0 Å². The van der Waals surface area contributed by atoms with E-state index in [-0.39, 0.29) is 6.10 Å². The molecule has 0 fully saturated rings. The molecule has 4 heteroatoms. The van der Waals surface area contributed by atoms with Crippen LogP contribution in [0.1, 0.15) is 25.1 Å². The quantitative estimate of drug-likeness (QED) is 0.918. The van der Waals surface area contributed by atoms with Crippen LogP contribution in [0.3, 0.4) is 0 Å². The molecule has 19 heavy (non-hydrogen) atoms. The fourth-order valence-electron chi connectivity index (χ4n) is 2.09. The predicted octanol–water partition coefficient (Wildman–Crippen LogP) is 2.64. The molecule has 4 nitrogen and oxygen atoms in total. The van der Waals surface area contributed by atoms with Crippen molar-refractivity contribution in [2.75, 3.05) is 0 Å². The Morgan fingerprint density at radius 2 is 2.05 bits per heavy atom. The number of nitrogens with zero attached hydrogens (tertiary/aromatic N) is 2. The molecular weight excluding hydrogens is 238 g/mol. The molecule has 1 heterocycles. The fraction of sp³-hybridized carbons (Fsp3) is 0.400. The Morgan fingerprint density at radius 3 is 2.58 bits per heavy atom. The summed E-state index contributed by atoms with van der Waals surface area (Å²) in [6.45, 7) is 6.58. The molecule has 0 saturated heterocycles. The van der Waals surface area contributed by atoms with Gasteiger partial charge in [0.05, 0.1) is 17.5 Å². The van der Waals surface area contributed by atoms with E-state index < -0.39 is 0 Å². The Bertz CT molecular complexity index is 573. The van der Waals surface area contributed by atoms with Gasteiger partial charge in [-0.25, -0.2) is 0 Å². The minimum absolute atomic E-state index is 0.185. The lowest BCUT2D eigenvalue weighted by molar-refractivity contribution is 0.241. The molecule has 1 aromatic carbocycles. The highest BCUT2D eigenvalue weighted by Crippen LogP contribution is 2.27. The molecule has 0 spiro atoms. The summed E-state index contributed by atoms with van der Waals surface area (Å²) in [7, 11) is 1.93. The average molecular weight is 259 g/mol. The largest absolute Gasteiger partial charge is 0.491 e. The first kappa shape index (κ1) is 13.6. The van der Waals surface area contributed by atoms with Gasteiger partial charge in [0.1, 0.15) is 5.75 Å². The number of hydrogen-bond donors (Lipinski definition) is 1. The van der Waals surface area contributed by atoms with Crippen LogP contribution in [0.5, 0.6) is 5.75 Å². The van der Waals surface area contributed by atoms with Gasteiger partial charge in [0, 0.05) is 19.2 Å². The van der Waals surface area contributed by atoms with Crippen LogP contribution in [0.15, 0.2) is 24.3 Å². The summed E-state index contributed by atoms with van der Waals surface area (Å²) in [5.41, 5.74) is 9.85. The molecule has 0 unspecified atom stereocenters. The molecule has 0 bridgehead atoms. The zero-order valence-corrected chi connectivity index (χ0v) is 12.0. The molecule has 0 aliphatic rings. The molecule has 0 atom stereocenters. The monoisotopic (exact) mass is 259 g/mol. The number of rotatable bonds is 4. The molecule has 0 amide bonds. The summed E-state index contributed by atoms with van der Waals surface area (Å²) in [5.74, 6) is 0.931. The average Bonchev–Trinajstić information content (AvgIpc) is 2.73. The summed E-state index contributed by atoms with van der Waals surface area (Å²) >= 11 is 0. The lowest BCUT2D eigenvalue weighted by Crippen LogP contribution is -2.06. The Balaban J connectivity index is 2.35. The van der Waals surface area contributed by atoms with E-state index in [2.05, 4.69) is 24.2 Å². The van der Waals surface area contributed by atoms with Crippen molar-refractivity contribution in [1.29, 1.82) is 0 Å². The lowest BCUT2D eigenvalue weighted by atomic mass is 10.1. The van der Waals surface area contributed by atoms with Crippen molar-refractivity contribution in [3.8, 4) is 17.0 Å². The second-order valence-electron chi connectivity index (χ2n) is 5.00. The van der Waals surface area contributed by atoms with Crippen LogP contribution in [0, 0.1) is 6.92 Å². The molecular formula is C15H21N3O. The summed E-state index contributed by atoms with van der Waals surface area (Å²) in [6.07, 6.45) is 0.185. The number of aromatic nitrogens is 2. The highest BCUT2D eigenvalue weighted by molar-refractivity contribution is 5.62. The number of ether oxygens (including phenoxy) is 1. The SMILES string of the molecule is Cc1cc(-c2cc(CN)nn2C)ccc1OC(C)C. The van der Waals surface area contributed by atoms with Crippen LogP contribution in [0.4, 0.5) is 0 Å². The van der Waals surface area contributed by atoms with Crippen LogP contribution in [0.25, 0.3) is 11.3 Å². The van der Waals surface area contributed by atoms with E-state index in [4.69, 9.17) is 10.5 Å². The van der Waals surface area contributed by atoms with Gasteiger partial charge >= 0.3 is 0 Å². The maximum Gasteiger partial charge on any atom is 0.122 e. The van der Waals surface area contributed by atoms with Crippen LogP contribution in [0.2, 0.25) is 0 Å². The van der Waals surface area contributed by atoms with Gasteiger partial charge < -0.3 is 10.5 Å². The normalized spacial score (nSPS) is 11.1. The van der Waals surface area contributed by atoms with Crippen molar-refractivity contribution >= 4 is 0 Å². The molecule has 0 aliphatic carbocycles. The Kier molecular flexibility index (Phi) is 3.90. The maximum atomic E-state index is 5.75. The molecule has 102 valence electrons. The molecule has 2 N–H and O–H groups in total. The zero-order valence-electron chi connectivity index (χ0n) is 12.0. The van der Waals surface area contributed by atoms with Gasteiger partial charge in [0.25, 0.3) is 0 Å². The Morgan fingerprint density at radius 1 is 1.32 bits per heavy atom. The summed E-state index contributed by atoms with van der Waals surface area (Å²) < 4.78 is 7.61. The van der Waals surface area contributed by atoms with E-state index in [0.29, 0.717) is 6.54 Å². The first-order valence-electron chi connectivity index (χ1n) is 6.52. The second kappa shape index (κ2) is 5.45. The van der Waals surface area contributed by atoms with E-state index >= 15 is 0 Å². The van der Waals surface area contributed by atoms with Gasteiger partial charge in [-0.2, -0.15) is 5.10 Å². The third-order valence-corrected chi connectivity index (χ3v) is 2.97. The van der Waals surface area contributed by atoms with Crippen molar-refractivity contribution in [2.45, 2.75) is 33.4 Å². The second-order valence-corrected chi connectivity index (χ2v) is 5.00. The molecule has 2 rings (SSSR count). The van der Waals surface area contributed by atoms with Gasteiger partial charge in [0.15, 0.2) is 0 Å². The van der Waals surface area contributed by atoms with E-state index in [9.17, 15) is 0 Å². The van der Waals surface area contributed by atoms with Gasteiger partial charge in [-0.05, 0) is 50.6 Å². The minimum Gasteiger partial charge on any atom is -0.491 e. The molecule has 0 radical (unpaired) electrons. The van der Waals surface area contributed by atoms with Crippen molar-refractivity contribution in [2.24, 2.45) is 12.8 Å². The van der Waals surface area contributed by atoms with E-state index in [1.54, 1.807) is 0 Å². The Hall–Kier alpha value is -1.81. The van der Waals surface area contributed by atoms with Crippen LogP contribution < -0.4 is 10.5 Å². The molecule has 2 aromatic rings. The summed E-state index contributed by atoms with van der Waals surface area (Å²) in [5, 5.41) is 4.37. The van der Waals surface area contributed by atoms with Crippen molar-refractivity contribution < 1.29 is 4.74 Å². The first-order chi connectivity index (χ1) is 9.01. The predicted molar refractivity (Wildman–Crippen MR) is 77.0 cm³/mol. The van der Waals surface area contributed by atoms with Crippen molar-refractivity contribution in [1.82, 2.24) is 9.78 Å². The number of benzene rings is 1. The van der Waals surface area contributed by atoms with Crippen LogP contribution in [-0.2, 0) is 13.6 Å². The maximum absolute atomic E-state index is 5.75. The van der Waals surface area contributed by atoms with Gasteiger partial charge in [0.2, 0.25) is 0 Å². The first-order valence-corrected chi connectivity index (χ1v) is 6.52. The highest BCUT2D eigenvalue weighted by atomic mass is 16.5. The van der Waals surface area contributed by atoms with E-state index in [0.717, 1.165) is 28.3 Å². The summed E-state index contributed by atoms with van der Waals surface area (Å²) in [4.78, 5) is 0. The van der Waals surface area contributed by atoms with Gasteiger partial charge in [-0.3, -0.25) is 4.68 Å². The van der Waals surface area contributed by atoms with Crippen molar-refractivity contribution in [3.63, 3.8) is 0 Å². The Labute approximate surface area is 114 Å². The third kappa shape index (κ3) is 2.96. The minimum atomic E-state index is 0.185. The summed E-state index contributed by atoms with van der Waals surface area (Å²) in [6, 6.07) is 8.22. The number of aryl methyl sites for hydroxylation is 2. The number of nitrogens with two attached hydrogens (primary N) is 1. The fourth-order valence-corrected chi connectivity index (χ4v) is 2.09.